The maximum Gasteiger partial charge on any atom is 0.311 e. The van der Waals surface area contributed by atoms with E-state index in [0.717, 1.165) is 11.1 Å². The second-order valence-corrected chi connectivity index (χ2v) is 6.23. The molecule has 0 aliphatic carbocycles. The monoisotopic (exact) mass is 313 g/mol. The van der Waals surface area contributed by atoms with Gasteiger partial charge in [-0.05, 0) is 25.0 Å². The fourth-order valence-corrected chi connectivity index (χ4v) is 2.04. The summed E-state index contributed by atoms with van der Waals surface area (Å²) in [4.78, 5) is 17.1. The molecule has 2 aromatic rings. The van der Waals surface area contributed by atoms with Crippen molar-refractivity contribution in [2.45, 2.75) is 26.9 Å². The van der Waals surface area contributed by atoms with Crippen molar-refractivity contribution in [3.05, 3.63) is 71.8 Å². The maximum absolute atomic E-state index is 11.3. The molecule has 122 valence electrons. The van der Waals surface area contributed by atoms with Crippen LogP contribution in [0.5, 0.6) is 0 Å². The third-order valence-corrected chi connectivity index (χ3v) is 3.59. The molecule has 0 fully saturated rings. The average Bonchev–Trinajstić information content (AvgIpc) is 2.54. The van der Waals surface area contributed by atoms with Crippen LogP contribution in [0.15, 0.2) is 60.7 Å². The molecule has 0 spiro atoms. The van der Waals surface area contributed by atoms with E-state index in [2.05, 4.69) is 0 Å². The van der Waals surface area contributed by atoms with E-state index >= 15 is 0 Å². The van der Waals surface area contributed by atoms with E-state index in [1.54, 1.807) is 13.8 Å². The van der Waals surface area contributed by atoms with Crippen LogP contribution in [-0.2, 0) is 22.7 Å². The molecule has 0 radical (unpaired) electrons. The third-order valence-electron chi connectivity index (χ3n) is 3.59. The fraction of sp³-hybridized carbons (Fsp3) is 0.316. The first kappa shape index (κ1) is 17.2. The molecule has 0 amide bonds. The van der Waals surface area contributed by atoms with Crippen LogP contribution in [0.4, 0.5) is 0 Å². The lowest BCUT2D eigenvalue weighted by Gasteiger charge is -2.26. The summed E-state index contributed by atoms with van der Waals surface area (Å²) in [5.41, 5.74) is 1.32. The predicted molar refractivity (Wildman–Crippen MR) is 89.5 cm³/mol. The molecule has 0 saturated heterocycles. The Hall–Kier alpha value is -2.17. The molecule has 1 N–H and O–H groups in total. The number of carboxylic acids is 1. The van der Waals surface area contributed by atoms with Crippen LogP contribution in [0, 0.1) is 5.41 Å². The molecule has 0 heterocycles. The second-order valence-electron chi connectivity index (χ2n) is 6.23. The highest BCUT2D eigenvalue weighted by Gasteiger charge is 2.28. The van der Waals surface area contributed by atoms with Crippen molar-refractivity contribution in [1.82, 2.24) is 5.06 Å². The van der Waals surface area contributed by atoms with Gasteiger partial charge in [-0.2, -0.15) is 5.06 Å². The van der Waals surface area contributed by atoms with Gasteiger partial charge in [-0.3, -0.25) is 9.63 Å². The lowest BCUT2D eigenvalue weighted by atomic mass is 9.96. The Morgan fingerprint density at radius 2 is 1.39 bits per heavy atom. The number of aliphatic carboxylic acids is 1. The first-order valence-electron chi connectivity index (χ1n) is 7.66. The Morgan fingerprint density at radius 3 is 1.78 bits per heavy atom. The van der Waals surface area contributed by atoms with Gasteiger partial charge in [-0.25, -0.2) is 0 Å². The molecule has 0 bridgehead atoms. The van der Waals surface area contributed by atoms with Crippen molar-refractivity contribution in [2.75, 3.05) is 6.61 Å². The van der Waals surface area contributed by atoms with Crippen molar-refractivity contribution < 1.29 is 14.7 Å². The molecule has 4 heteroatoms. The van der Waals surface area contributed by atoms with Crippen LogP contribution >= 0.6 is 0 Å². The van der Waals surface area contributed by atoms with Gasteiger partial charge in [-0.1, -0.05) is 60.7 Å². The summed E-state index contributed by atoms with van der Waals surface area (Å²) in [5, 5.41) is 11.0. The van der Waals surface area contributed by atoms with E-state index in [1.165, 1.54) is 0 Å². The lowest BCUT2D eigenvalue weighted by Crippen LogP contribution is -2.34. The Bertz CT molecular complexity index is 570. The van der Waals surface area contributed by atoms with Crippen LogP contribution in [-0.4, -0.2) is 22.7 Å². The Kier molecular flexibility index (Phi) is 5.90. The number of benzene rings is 2. The summed E-state index contributed by atoms with van der Waals surface area (Å²) >= 11 is 0. The third kappa shape index (κ3) is 5.51. The summed E-state index contributed by atoms with van der Waals surface area (Å²) < 4.78 is 0. The van der Waals surface area contributed by atoms with Crippen LogP contribution in [0.2, 0.25) is 0 Å². The minimum atomic E-state index is -0.925. The molecule has 0 saturated carbocycles. The normalized spacial score (nSPS) is 11.6. The predicted octanol–water partition coefficient (Wildman–Crippen LogP) is 3.73. The van der Waals surface area contributed by atoms with Gasteiger partial charge in [0, 0.05) is 13.1 Å². The summed E-state index contributed by atoms with van der Waals surface area (Å²) in [6.07, 6.45) is 0. The lowest BCUT2D eigenvalue weighted by molar-refractivity contribution is -0.200. The van der Waals surface area contributed by atoms with Gasteiger partial charge in [0.15, 0.2) is 0 Å². The van der Waals surface area contributed by atoms with Gasteiger partial charge < -0.3 is 5.11 Å². The van der Waals surface area contributed by atoms with Crippen molar-refractivity contribution in [2.24, 2.45) is 5.41 Å². The van der Waals surface area contributed by atoms with Gasteiger partial charge in [0.25, 0.3) is 0 Å². The van der Waals surface area contributed by atoms with E-state index in [1.807, 2.05) is 65.7 Å². The average molecular weight is 313 g/mol. The molecular formula is C19H23NO3. The highest BCUT2D eigenvalue weighted by atomic mass is 16.7. The quantitative estimate of drug-likeness (QED) is 0.754. The fourth-order valence-electron chi connectivity index (χ4n) is 2.04. The van der Waals surface area contributed by atoms with Gasteiger partial charge >= 0.3 is 5.97 Å². The SMILES string of the molecule is CC(C)(CON(Cc1ccccc1)Cc1ccccc1)C(=O)O. The molecule has 23 heavy (non-hydrogen) atoms. The standard InChI is InChI=1S/C19H23NO3/c1-19(2,18(21)22)15-23-20(13-16-9-5-3-6-10-16)14-17-11-7-4-8-12-17/h3-12H,13-15H2,1-2H3,(H,21,22). The van der Waals surface area contributed by atoms with Crippen LogP contribution in [0.1, 0.15) is 25.0 Å². The number of hydroxylamine groups is 2. The van der Waals surface area contributed by atoms with Crippen LogP contribution in [0.25, 0.3) is 0 Å². The zero-order valence-electron chi connectivity index (χ0n) is 13.6. The van der Waals surface area contributed by atoms with E-state index in [-0.39, 0.29) is 6.61 Å². The van der Waals surface area contributed by atoms with Gasteiger partial charge in [0.2, 0.25) is 0 Å². The van der Waals surface area contributed by atoms with Crippen LogP contribution < -0.4 is 0 Å². The summed E-state index contributed by atoms with van der Waals surface area (Å²) in [5.74, 6) is -0.864. The topological polar surface area (TPSA) is 49.8 Å². The Balaban J connectivity index is 2.06. The molecule has 0 unspecified atom stereocenters. The number of rotatable bonds is 8. The van der Waals surface area contributed by atoms with Crippen LogP contribution in [0.3, 0.4) is 0 Å². The zero-order chi connectivity index (χ0) is 16.7. The largest absolute Gasteiger partial charge is 0.481 e. The second kappa shape index (κ2) is 7.90. The minimum Gasteiger partial charge on any atom is -0.481 e. The highest BCUT2D eigenvalue weighted by Crippen LogP contribution is 2.18. The molecular weight excluding hydrogens is 290 g/mol. The number of carbonyl (C=O) groups is 1. The Morgan fingerprint density at radius 1 is 0.957 bits per heavy atom. The zero-order valence-corrected chi connectivity index (χ0v) is 13.6. The van der Waals surface area contributed by atoms with Crippen molar-refractivity contribution >= 4 is 5.97 Å². The molecule has 4 nitrogen and oxygen atoms in total. The number of hydrogen-bond donors (Lipinski definition) is 1. The number of nitrogens with zero attached hydrogens (tertiary/aromatic N) is 1. The van der Waals surface area contributed by atoms with Crippen molar-refractivity contribution in [3.63, 3.8) is 0 Å². The van der Waals surface area contributed by atoms with E-state index in [0.29, 0.717) is 13.1 Å². The summed E-state index contributed by atoms with van der Waals surface area (Å²) in [6.45, 7) is 4.66. The molecule has 2 rings (SSSR count). The maximum atomic E-state index is 11.3. The van der Waals surface area contributed by atoms with Crippen molar-refractivity contribution in [3.8, 4) is 0 Å². The van der Waals surface area contributed by atoms with Gasteiger partial charge in [0.1, 0.15) is 0 Å². The summed E-state index contributed by atoms with van der Waals surface area (Å²) in [7, 11) is 0. The Labute approximate surface area is 137 Å². The van der Waals surface area contributed by atoms with Gasteiger partial charge in [-0.15, -0.1) is 0 Å². The highest BCUT2D eigenvalue weighted by molar-refractivity contribution is 5.73. The van der Waals surface area contributed by atoms with E-state index in [4.69, 9.17) is 4.84 Å². The van der Waals surface area contributed by atoms with Crippen molar-refractivity contribution in [1.29, 1.82) is 0 Å². The smallest absolute Gasteiger partial charge is 0.311 e. The number of carboxylic acid groups (broad SMARTS) is 1. The molecule has 0 aliphatic rings. The van der Waals surface area contributed by atoms with E-state index in [9.17, 15) is 9.90 Å². The molecule has 2 aromatic carbocycles. The van der Waals surface area contributed by atoms with Gasteiger partial charge in [0.05, 0.1) is 12.0 Å². The number of hydrogen-bond acceptors (Lipinski definition) is 3. The molecule has 0 aromatic heterocycles. The van der Waals surface area contributed by atoms with E-state index < -0.39 is 11.4 Å². The first-order chi connectivity index (χ1) is 11.0. The summed E-state index contributed by atoms with van der Waals surface area (Å²) in [6, 6.07) is 20.0. The first-order valence-corrected chi connectivity index (χ1v) is 7.66. The molecule has 0 atom stereocenters. The minimum absolute atomic E-state index is 0.127. The molecule has 0 aliphatic heterocycles.